The number of hydrogen-bond acceptors (Lipinski definition) is 4. The number of nitrogens with one attached hydrogen (secondary N) is 3. The van der Waals surface area contributed by atoms with Crippen LogP contribution in [0, 0.1) is 11.8 Å². The summed E-state index contributed by atoms with van der Waals surface area (Å²) in [5, 5.41) is 2.95. The minimum absolute atomic E-state index is 0.0903. The molecule has 1 aromatic carbocycles. The third-order valence-corrected chi connectivity index (χ3v) is 5.12. The Hall–Kier alpha value is -1.92. The van der Waals surface area contributed by atoms with E-state index in [9.17, 15) is 9.59 Å². The number of aryl methyl sites for hydroxylation is 1. The van der Waals surface area contributed by atoms with Crippen molar-refractivity contribution < 1.29 is 9.59 Å². The second-order valence-electron chi connectivity index (χ2n) is 6.67. The molecule has 130 valence electrons. The number of hydrazine groups is 1. The highest BCUT2D eigenvalue weighted by molar-refractivity contribution is 6.09. The van der Waals surface area contributed by atoms with Gasteiger partial charge in [0.05, 0.1) is 0 Å². The third-order valence-electron chi connectivity index (χ3n) is 5.12. The molecule has 0 aliphatic carbocycles. The number of carbonyl (C=O) groups excluding carboxylic acids is 2. The van der Waals surface area contributed by atoms with Crippen LogP contribution in [0.4, 0.5) is 5.69 Å². The molecule has 3 rings (SSSR count). The van der Waals surface area contributed by atoms with Gasteiger partial charge in [-0.1, -0.05) is 19.1 Å². The second-order valence-corrected chi connectivity index (χ2v) is 6.67. The fraction of sp³-hybridized carbons (Fsp3) is 0.556. The minimum Gasteiger partial charge on any atom is -0.355 e. The van der Waals surface area contributed by atoms with E-state index in [0.29, 0.717) is 31.5 Å². The second kappa shape index (κ2) is 7.32. The van der Waals surface area contributed by atoms with Gasteiger partial charge in [-0.25, -0.2) is 0 Å². The molecular weight excluding hydrogens is 304 g/mol. The first-order valence-corrected chi connectivity index (χ1v) is 8.76. The highest BCUT2D eigenvalue weighted by atomic mass is 16.2. The van der Waals surface area contributed by atoms with Crippen LogP contribution in [0.2, 0.25) is 0 Å². The van der Waals surface area contributed by atoms with Crippen LogP contribution < -0.4 is 21.1 Å². The first-order valence-electron chi connectivity index (χ1n) is 8.76. The number of carbonyl (C=O) groups is 2. The topological polar surface area (TPSA) is 73.5 Å². The summed E-state index contributed by atoms with van der Waals surface area (Å²) in [6.07, 6.45) is 1.56. The molecular formula is C18H26N4O2. The quantitative estimate of drug-likeness (QED) is 0.699. The van der Waals surface area contributed by atoms with E-state index in [1.165, 1.54) is 5.56 Å². The molecule has 2 aliphatic rings. The highest BCUT2D eigenvalue weighted by Crippen LogP contribution is 2.26. The molecule has 3 N–H and O–H groups in total. The lowest BCUT2D eigenvalue weighted by Gasteiger charge is -2.18. The molecule has 6 heteroatoms. The summed E-state index contributed by atoms with van der Waals surface area (Å²) in [6, 6.07) is 8.33. The number of anilines is 1. The number of amides is 2. The van der Waals surface area contributed by atoms with Crippen molar-refractivity contribution in [3.05, 3.63) is 29.8 Å². The van der Waals surface area contributed by atoms with Gasteiger partial charge in [0.25, 0.3) is 0 Å². The molecule has 0 bridgehead atoms. The van der Waals surface area contributed by atoms with Gasteiger partial charge in [-0.2, -0.15) is 0 Å². The van der Waals surface area contributed by atoms with Gasteiger partial charge in [0.1, 0.15) is 5.92 Å². The largest absolute Gasteiger partial charge is 0.355 e. The van der Waals surface area contributed by atoms with E-state index < -0.39 is 5.92 Å². The van der Waals surface area contributed by atoms with Crippen LogP contribution in [0.3, 0.4) is 0 Å². The molecule has 3 atom stereocenters. The van der Waals surface area contributed by atoms with E-state index in [0.717, 1.165) is 18.7 Å². The van der Waals surface area contributed by atoms with Crippen LogP contribution in [0.15, 0.2) is 24.3 Å². The van der Waals surface area contributed by atoms with E-state index in [2.05, 4.69) is 30.0 Å². The van der Waals surface area contributed by atoms with Crippen molar-refractivity contribution in [1.82, 2.24) is 16.2 Å². The van der Waals surface area contributed by atoms with E-state index >= 15 is 0 Å². The van der Waals surface area contributed by atoms with Gasteiger partial charge in [-0.3, -0.25) is 20.4 Å². The van der Waals surface area contributed by atoms with Crippen LogP contribution in [-0.2, 0) is 16.0 Å². The van der Waals surface area contributed by atoms with Gasteiger partial charge >= 0.3 is 0 Å². The average Bonchev–Trinajstić information content (AvgIpc) is 3.18. The first kappa shape index (κ1) is 16.9. The van der Waals surface area contributed by atoms with Crippen LogP contribution in [0.25, 0.3) is 0 Å². The van der Waals surface area contributed by atoms with E-state index in [1.54, 1.807) is 4.90 Å². The summed E-state index contributed by atoms with van der Waals surface area (Å²) < 4.78 is 0. The summed E-state index contributed by atoms with van der Waals surface area (Å²) >= 11 is 0. The zero-order valence-corrected chi connectivity index (χ0v) is 14.3. The van der Waals surface area contributed by atoms with Gasteiger partial charge in [-0.15, -0.1) is 0 Å². The molecule has 0 aromatic heterocycles. The van der Waals surface area contributed by atoms with Crippen molar-refractivity contribution >= 4 is 17.5 Å². The smallest absolute Gasteiger partial charge is 0.239 e. The van der Waals surface area contributed by atoms with Gasteiger partial charge in [0.2, 0.25) is 11.8 Å². The summed E-state index contributed by atoms with van der Waals surface area (Å²) in [5.74, 6) is -0.448. The normalized spacial score (nSPS) is 26.8. The molecule has 2 amide bonds. The predicted octanol–water partition coefficient (Wildman–Crippen LogP) is 0.831. The van der Waals surface area contributed by atoms with Crippen LogP contribution in [0.1, 0.15) is 25.8 Å². The Balaban J connectivity index is 1.57. The van der Waals surface area contributed by atoms with Crippen LogP contribution in [-0.4, -0.2) is 37.5 Å². The highest BCUT2D eigenvalue weighted by Gasteiger charge is 2.38. The Morgan fingerprint density at radius 1 is 1.33 bits per heavy atom. The molecule has 0 saturated carbocycles. The summed E-state index contributed by atoms with van der Waals surface area (Å²) in [6.45, 7) is 6.21. The Bertz CT molecular complexity index is 602. The maximum Gasteiger partial charge on any atom is 0.239 e. The van der Waals surface area contributed by atoms with Crippen molar-refractivity contribution in [3.63, 3.8) is 0 Å². The summed E-state index contributed by atoms with van der Waals surface area (Å²) in [4.78, 5) is 26.7. The van der Waals surface area contributed by atoms with Crippen molar-refractivity contribution in [3.8, 4) is 0 Å². The van der Waals surface area contributed by atoms with E-state index in [-0.39, 0.29) is 11.8 Å². The maximum absolute atomic E-state index is 12.6. The molecule has 24 heavy (non-hydrogen) atoms. The number of benzene rings is 1. The molecule has 2 aliphatic heterocycles. The van der Waals surface area contributed by atoms with Gasteiger partial charge in [0, 0.05) is 37.3 Å². The monoisotopic (exact) mass is 330 g/mol. The molecule has 0 spiro atoms. The van der Waals surface area contributed by atoms with Crippen LogP contribution in [0.5, 0.6) is 0 Å². The fourth-order valence-electron chi connectivity index (χ4n) is 3.34. The first-order chi connectivity index (χ1) is 11.6. The van der Waals surface area contributed by atoms with Crippen LogP contribution >= 0.6 is 0 Å². The lowest BCUT2D eigenvalue weighted by Crippen LogP contribution is -2.41. The Kier molecular flexibility index (Phi) is 5.16. The van der Waals surface area contributed by atoms with Crippen molar-refractivity contribution in [2.75, 3.05) is 24.5 Å². The van der Waals surface area contributed by atoms with E-state index in [4.69, 9.17) is 0 Å². The molecule has 2 heterocycles. The Morgan fingerprint density at radius 2 is 2.08 bits per heavy atom. The summed E-state index contributed by atoms with van der Waals surface area (Å²) in [7, 11) is 0. The van der Waals surface area contributed by atoms with Crippen molar-refractivity contribution in [2.24, 2.45) is 11.8 Å². The number of rotatable bonds is 5. The summed E-state index contributed by atoms with van der Waals surface area (Å²) in [5.41, 5.74) is 8.34. The van der Waals surface area contributed by atoms with Gasteiger partial charge < -0.3 is 10.2 Å². The molecule has 0 radical (unpaired) electrons. The van der Waals surface area contributed by atoms with Gasteiger partial charge in [-0.05, 0) is 37.5 Å². The molecule has 1 aromatic rings. The fourth-order valence-corrected chi connectivity index (χ4v) is 3.34. The Morgan fingerprint density at radius 3 is 2.71 bits per heavy atom. The molecule has 6 nitrogen and oxygen atoms in total. The lowest BCUT2D eigenvalue weighted by molar-refractivity contribution is -0.132. The van der Waals surface area contributed by atoms with Crippen molar-refractivity contribution in [2.45, 2.75) is 32.7 Å². The Labute approximate surface area is 143 Å². The standard InChI is InChI=1S/C18H26N4O2/c1-3-13-4-6-15(7-5-13)22-9-8-16(18(22)24)17(23)19-10-14-11-20-21-12(14)2/h4-7,12,14,16,20-21H,3,8-11H2,1-2H3,(H,19,23). The van der Waals surface area contributed by atoms with Crippen molar-refractivity contribution in [1.29, 1.82) is 0 Å². The number of nitrogens with zero attached hydrogens (tertiary/aromatic N) is 1. The minimum atomic E-state index is -0.562. The SMILES string of the molecule is CCc1ccc(N2CCC(C(=O)NCC3CNNC3C)C2=O)cc1. The molecule has 2 fully saturated rings. The zero-order valence-electron chi connectivity index (χ0n) is 14.3. The lowest BCUT2D eigenvalue weighted by atomic mass is 10.0. The zero-order chi connectivity index (χ0) is 17.1. The molecule has 3 unspecified atom stereocenters. The van der Waals surface area contributed by atoms with E-state index in [1.807, 2.05) is 24.3 Å². The average molecular weight is 330 g/mol. The maximum atomic E-state index is 12.6. The predicted molar refractivity (Wildman–Crippen MR) is 93.4 cm³/mol. The van der Waals surface area contributed by atoms with Gasteiger partial charge in [0.15, 0.2) is 0 Å². The third kappa shape index (κ3) is 3.44. The molecule has 2 saturated heterocycles. The number of hydrogen-bond donors (Lipinski definition) is 3.